The van der Waals surface area contributed by atoms with Gasteiger partial charge in [0.15, 0.2) is 5.56 Å². The molecule has 0 radical (unpaired) electrons. The van der Waals surface area contributed by atoms with Gasteiger partial charge in [-0.25, -0.2) is 0 Å². The van der Waals surface area contributed by atoms with E-state index in [1.54, 1.807) is 11.0 Å². The smallest absolute Gasteiger partial charge is 0.285 e. The van der Waals surface area contributed by atoms with Gasteiger partial charge in [-0.3, -0.25) is 14.9 Å². The van der Waals surface area contributed by atoms with Gasteiger partial charge in [-0.05, 0) is 25.3 Å². The number of nitrogens with zero attached hydrogens (tertiary/aromatic N) is 2. The zero-order valence-corrected chi connectivity index (χ0v) is 10.8. The minimum Gasteiger partial charge on any atom is -0.496 e. The van der Waals surface area contributed by atoms with Crippen molar-refractivity contribution in [2.24, 2.45) is 0 Å². The van der Waals surface area contributed by atoms with Crippen LogP contribution in [0.2, 0.25) is 0 Å². The number of carbonyl (C=O) groups is 1. The van der Waals surface area contributed by atoms with Crippen LogP contribution in [0.1, 0.15) is 29.6 Å². The van der Waals surface area contributed by atoms with E-state index >= 15 is 0 Å². The van der Waals surface area contributed by atoms with Crippen LogP contribution in [0.15, 0.2) is 18.2 Å². The van der Waals surface area contributed by atoms with Gasteiger partial charge in [0.05, 0.1) is 12.0 Å². The summed E-state index contributed by atoms with van der Waals surface area (Å²) in [4.78, 5) is 24.6. The quantitative estimate of drug-likeness (QED) is 0.620. The molecule has 102 valence electrons. The van der Waals surface area contributed by atoms with Crippen LogP contribution in [0.5, 0.6) is 5.75 Å². The molecule has 0 saturated carbocycles. The summed E-state index contributed by atoms with van der Waals surface area (Å²) in [5.41, 5.74) is -0.146. The van der Waals surface area contributed by atoms with E-state index < -0.39 is 4.92 Å². The maximum absolute atomic E-state index is 12.4. The number of amides is 1. The Morgan fingerprint density at radius 3 is 2.58 bits per heavy atom. The summed E-state index contributed by atoms with van der Waals surface area (Å²) in [6.07, 6.45) is 2.97. The molecule has 1 aromatic rings. The Labute approximate surface area is 111 Å². The highest BCUT2D eigenvalue weighted by atomic mass is 16.6. The van der Waals surface area contributed by atoms with Crippen LogP contribution < -0.4 is 4.74 Å². The average Bonchev–Trinajstić information content (AvgIpc) is 2.46. The second-order valence-electron chi connectivity index (χ2n) is 4.46. The third kappa shape index (κ3) is 2.67. The molecule has 1 heterocycles. The largest absolute Gasteiger partial charge is 0.496 e. The minimum absolute atomic E-state index is 0.0527. The molecule has 1 aliphatic rings. The Balaban J connectivity index is 2.41. The van der Waals surface area contributed by atoms with Gasteiger partial charge < -0.3 is 9.64 Å². The number of likely N-dealkylation sites (tertiary alicyclic amines) is 1. The molecule has 0 bridgehead atoms. The van der Waals surface area contributed by atoms with E-state index in [1.807, 2.05) is 0 Å². The van der Waals surface area contributed by atoms with Crippen molar-refractivity contribution < 1.29 is 14.5 Å². The molecule has 19 heavy (non-hydrogen) atoms. The zero-order chi connectivity index (χ0) is 13.8. The number of carbonyl (C=O) groups excluding carboxylic acids is 1. The predicted octanol–water partition coefficient (Wildman–Crippen LogP) is 2.23. The third-order valence-electron chi connectivity index (χ3n) is 3.28. The number of methoxy groups -OCH3 is 1. The third-order valence-corrected chi connectivity index (χ3v) is 3.28. The van der Waals surface area contributed by atoms with Crippen molar-refractivity contribution in [3.8, 4) is 5.75 Å². The van der Waals surface area contributed by atoms with Crippen molar-refractivity contribution in [1.29, 1.82) is 0 Å². The standard InChI is InChI=1S/C13H16N2O4/c1-19-11-7-5-6-10(15(17)18)12(11)13(16)14-8-3-2-4-9-14/h5-7H,2-4,8-9H2,1H3. The van der Waals surface area contributed by atoms with E-state index in [4.69, 9.17) is 4.74 Å². The molecule has 0 spiro atoms. The summed E-state index contributed by atoms with van der Waals surface area (Å²) < 4.78 is 5.10. The fourth-order valence-electron chi connectivity index (χ4n) is 2.31. The van der Waals surface area contributed by atoms with E-state index in [9.17, 15) is 14.9 Å². The molecular formula is C13H16N2O4. The van der Waals surface area contributed by atoms with Gasteiger partial charge in [0, 0.05) is 19.2 Å². The molecule has 0 atom stereocenters. The Morgan fingerprint density at radius 1 is 1.32 bits per heavy atom. The first-order valence-corrected chi connectivity index (χ1v) is 6.26. The summed E-state index contributed by atoms with van der Waals surface area (Å²) in [6, 6.07) is 4.42. The molecule has 6 nitrogen and oxygen atoms in total. The van der Waals surface area contributed by atoms with Gasteiger partial charge in [0.1, 0.15) is 5.75 Å². The van der Waals surface area contributed by atoms with E-state index in [2.05, 4.69) is 0 Å². The molecule has 0 aliphatic carbocycles. The Morgan fingerprint density at radius 2 is 2.00 bits per heavy atom. The monoisotopic (exact) mass is 264 g/mol. The summed E-state index contributed by atoms with van der Waals surface area (Å²) in [6.45, 7) is 1.29. The van der Waals surface area contributed by atoms with Crippen LogP contribution in [0.4, 0.5) is 5.69 Å². The van der Waals surface area contributed by atoms with E-state index in [0.717, 1.165) is 19.3 Å². The lowest BCUT2D eigenvalue weighted by atomic mass is 10.1. The van der Waals surface area contributed by atoms with Crippen molar-refractivity contribution in [3.05, 3.63) is 33.9 Å². The van der Waals surface area contributed by atoms with E-state index in [0.29, 0.717) is 13.1 Å². The fraction of sp³-hybridized carbons (Fsp3) is 0.462. The number of rotatable bonds is 3. The van der Waals surface area contributed by atoms with Gasteiger partial charge in [-0.2, -0.15) is 0 Å². The fourth-order valence-corrected chi connectivity index (χ4v) is 2.31. The second-order valence-corrected chi connectivity index (χ2v) is 4.46. The highest BCUT2D eigenvalue weighted by Gasteiger charge is 2.29. The lowest BCUT2D eigenvalue weighted by molar-refractivity contribution is -0.385. The number of hydrogen-bond donors (Lipinski definition) is 0. The summed E-state index contributed by atoms with van der Waals surface area (Å²) in [5.74, 6) is -0.0615. The summed E-state index contributed by atoms with van der Waals surface area (Å²) in [7, 11) is 1.41. The van der Waals surface area contributed by atoms with Crippen molar-refractivity contribution in [2.45, 2.75) is 19.3 Å². The summed E-state index contributed by atoms with van der Waals surface area (Å²) in [5, 5.41) is 11.1. The first-order valence-electron chi connectivity index (χ1n) is 6.26. The molecular weight excluding hydrogens is 248 g/mol. The van der Waals surface area contributed by atoms with Crippen LogP contribution in [0, 0.1) is 10.1 Å². The molecule has 6 heteroatoms. The van der Waals surface area contributed by atoms with Crippen LogP contribution in [0.3, 0.4) is 0 Å². The summed E-state index contributed by atoms with van der Waals surface area (Å²) >= 11 is 0. The average molecular weight is 264 g/mol. The Kier molecular flexibility index (Phi) is 3.99. The highest BCUT2D eigenvalue weighted by molar-refractivity contribution is 6.01. The topological polar surface area (TPSA) is 72.7 Å². The highest BCUT2D eigenvalue weighted by Crippen LogP contribution is 2.30. The Hall–Kier alpha value is -2.11. The normalized spacial score (nSPS) is 15.1. The van der Waals surface area contributed by atoms with Crippen LogP contribution >= 0.6 is 0 Å². The Bertz CT molecular complexity index is 495. The number of nitro benzene ring substituents is 1. The first-order chi connectivity index (χ1) is 9.15. The molecule has 2 rings (SSSR count). The maximum atomic E-state index is 12.4. The number of ether oxygens (including phenoxy) is 1. The molecule has 0 unspecified atom stereocenters. The molecule has 1 fully saturated rings. The van der Waals surface area contributed by atoms with Crippen LogP contribution in [-0.4, -0.2) is 35.9 Å². The van der Waals surface area contributed by atoms with Crippen molar-refractivity contribution in [3.63, 3.8) is 0 Å². The zero-order valence-electron chi connectivity index (χ0n) is 10.8. The lowest BCUT2D eigenvalue weighted by Gasteiger charge is -2.27. The van der Waals surface area contributed by atoms with Gasteiger partial charge in [-0.1, -0.05) is 6.07 Å². The van der Waals surface area contributed by atoms with Gasteiger partial charge in [-0.15, -0.1) is 0 Å². The second kappa shape index (κ2) is 5.69. The molecule has 0 aromatic heterocycles. The molecule has 1 aliphatic heterocycles. The van der Waals surface area contributed by atoms with Crippen molar-refractivity contribution in [2.75, 3.05) is 20.2 Å². The van der Waals surface area contributed by atoms with E-state index in [-0.39, 0.29) is 22.9 Å². The maximum Gasteiger partial charge on any atom is 0.285 e. The SMILES string of the molecule is COc1cccc([N+](=O)[O-])c1C(=O)N1CCCCC1. The lowest BCUT2D eigenvalue weighted by Crippen LogP contribution is -2.36. The molecule has 0 N–H and O–H groups in total. The van der Waals surface area contributed by atoms with Crippen LogP contribution in [0.25, 0.3) is 0 Å². The van der Waals surface area contributed by atoms with Gasteiger partial charge >= 0.3 is 0 Å². The van der Waals surface area contributed by atoms with Gasteiger partial charge in [0.25, 0.3) is 11.6 Å². The van der Waals surface area contributed by atoms with E-state index in [1.165, 1.54) is 19.2 Å². The number of benzene rings is 1. The predicted molar refractivity (Wildman–Crippen MR) is 69.4 cm³/mol. The van der Waals surface area contributed by atoms with Gasteiger partial charge in [0.2, 0.25) is 0 Å². The van der Waals surface area contributed by atoms with Crippen molar-refractivity contribution in [1.82, 2.24) is 4.90 Å². The number of hydrogen-bond acceptors (Lipinski definition) is 4. The number of nitro groups is 1. The minimum atomic E-state index is -0.542. The first kappa shape index (κ1) is 13.3. The molecule has 1 amide bonds. The molecule has 1 aromatic carbocycles. The van der Waals surface area contributed by atoms with Crippen LogP contribution in [-0.2, 0) is 0 Å². The molecule has 1 saturated heterocycles. The number of piperidine rings is 1. The van der Waals surface area contributed by atoms with Crippen molar-refractivity contribution >= 4 is 11.6 Å².